The fourth-order valence-electron chi connectivity index (χ4n) is 2.90. The van der Waals surface area contributed by atoms with Crippen LogP contribution in [0.2, 0.25) is 18.1 Å². The molecule has 1 aromatic rings. The van der Waals surface area contributed by atoms with Gasteiger partial charge in [-0.3, -0.25) is 14.3 Å². The fourth-order valence-corrected chi connectivity index (χ4v) is 5.38. The molecule has 1 aliphatic rings. The molecule has 1 saturated heterocycles. The largest absolute Gasteiger partial charge is 0.385 e. The highest BCUT2D eigenvalue weighted by Crippen LogP contribution is 2.34. The van der Waals surface area contributed by atoms with Crippen LogP contribution in [-0.4, -0.2) is 50.9 Å². The SMILES string of the molecule is CC[Si](C#C[C@]1(O)O[C@@H](n2ccc(=O)[nH]c2=O)[C@H](O)[C@@H]1O)(CC)CC. The number of ether oxygens (including phenoxy) is 1. The Morgan fingerprint density at radius 3 is 2.40 bits per heavy atom. The molecule has 0 unspecified atom stereocenters. The summed E-state index contributed by atoms with van der Waals surface area (Å²) >= 11 is 0. The van der Waals surface area contributed by atoms with E-state index in [0.29, 0.717) is 0 Å². The molecular formula is C16H24N2O6Si. The van der Waals surface area contributed by atoms with Crippen molar-refractivity contribution in [1.82, 2.24) is 9.55 Å². The van der Waals surface area contributed by atoms with E-state index in [0.717, 1.165) is 35.0 Å². The van der Waals surface area contributed by atoms with Gasteiger partial charge in [0.2, 0.25) is 0 Å². The van der Waals surface area contributed by atoms with Crippen molar-refractivity contribution in [3.05, 3.63) is 33.1 Å². The van der Waals surface area contributed by atoms with Gasteiger partial charge in [0.25, 0.3) is 11.3 Å². The molecule has 2 rings (SSSR count). The maximum atomic E-state index is 11.9. The summed E-state index contributed by atoms with van der Waals surface area (Å²) in [6, 6.07) is 3.76. The van der Waals surface area contributed by atoms with Gasteiger partial charge in [0.1, 0.15) is 14.2 Å². The number of rotatable bonds is 4. The Morgan fingerprint density at radius 2 is 1.88 bits per heavy atom. The van der Waals surface area contributed by atoms with E-state index in [1.807, 2.05) is 25.8 Å². The van der Waals surface area contributed by atoms with Gasteiger partial charge in [0, 0.05) is 12.3 Å². The van der Waals surface area contributed by atoms with Crippen LogP contribution in [0.5, 0.6) is 0 Å². The molecule has 9 heteroatoms. The number of aliphatic hydroxyl groups excluding tert-OH is 2. The minimum absolute atomic E-state index is 0.603. The van der Waals surface area contributed by atoms with Crippen LogP contribution < -0.4 is 11.2 Å². The molecule has 0 aliphatic carbocycles. The highest BCUT2D eigenvalue weighted by atomic mass is 28.3. The maximum absolute atomic E-state index is 11.9. The number of aromatic amines is 1. The van der Waals surface area contributed by atoms with Gasteiger partial charge in [-0.1, -0.05) is 20.8 Å². The zero-order valence-corrected chi connectivity index (χ0v) is 15.5. The highest BCUT2D eigenvalue weighted by molar-refractivity contribution is 6.87. The summed E-state index contributed by atoms with van der Waals surface area (Å²) in [7, 11) is -1.91. The average Bonchev–Trinajstić information content (AvgIpc) is 2.82. The monoisotopic (exact) mass is 368 g/mol. The molecule has 0 bridgehead atoms. The van der Waals surface area contributed by atoms with E-state index in [1.54, 1.807) is 0 Å². The molecule has 1 fully saturated rings. The molecule has 2 heterocycles. The summed E-state index contributed by atoms with van der Waals surface area (Å²) in [5, 5.41) is 31.0. The second kappa shape index (κ2) is 7.27. The van der Waals surface area contributed by atoms with E-state index in [2.05, 4.69) is 11.5 Å². The van der Waals surface area contributed by atoms with E-state index in [-0.39, 0.29) is 0 Å². The molecule has 4 N–H and O–H groups in total. The predicted octanol–water partition coefficient (Wildman–Crippen LogP) is -0.473. The first-order valence-corrected chi connectivity index (χ1v) is 11.0. The molecule has 4 atom stereocenters. The lowest BCUT2D eigenvalue weighted by molar-refractivity contribution is -0.197. The molecule has 0 amide bonds. The molecule has 138 valence electrons. The van der Waals surface area contributed by atoms with E-state index in [1.165, 1.54) is 0 Å². The molecule has 0 radical (unpaired) electrons. The minimum Gasteiger partial charge on any atom is -0.385 e. The van der Waals surface area contributed by atoms with E-state index in [9.17, 15) is 24.9 Å². The quantitative estimate of drug-likeness (QED) is 0.421. The third-order valence-corrected chi connectivity index (χ3v) is 9.70. The normalized spacial score (nSPS) is 29.3. The van der Waals surface area contributed by atoms with Crippen molar-refractivity contribution in [3.8, 4) is 11.5 Å². The summed E-state index contributed by atoms with van der Waals surface area (Å²) in [6.07, 6.45) is -3.52. The van der Waals surface area contributed by atoms with Crippen LogP contribution in [-0.2, 0) is 4.74 Å². The summed E-state index contributed by atoms with van der Waals surface area (Å²) in [6.45, 7) is 6.13. The predicted molar refractivity (Wildman–Crippen MR) is 93.4 cm³/mol. The summed E-state index contributed by atoms with van der Waals surface area (Å²) in [4.78, 5) is 25.1. The van der Waals surface area contributed by atoms with E-state index < -0.39 is 43.5 Å². The molecule has 0 spiro atoms. The number of aliphatic hydroxyl groups is 3. The standard InChI is InChI=1S/C16H24N2O6Si/c1-4-25(5-2,6-3)10-8-16(23)13(21)12(20)14(24-16)18-9-7-11(19)17-15(18)22/h7,9,12-14,20-21,23H,4-6H2,1-3H3,(H,17,19,22)/t12-,13+,14-,16+/m1/s1. The smallest absolute Gasteiger partial charge is 0.330 e. The van der Waals surface area contributed by atoms with Crippen molar-refractivity contribution >= 4 is 8.07 Å². The van der Waals surface area contributed by atoms with Crippen LogP contribution in [0, 0.1) is 11.5 Å². The Balaban J connectivity index is 2.39. The molecule has 0 saturated carbocycles. The first kappa shape index (κ1) is 19.6. The molecule has 1 aliphatic heterocycles. The Morgan fingerprint density at radius 1 is 1.28 bits per heavy atom. The van der Waals surface area contributed by atoms with Crippen LogP contribution in [0.1, 0.15) is 27.0 Å². The summed E-state index contributed by atoms with van der Waals surface area (Å²) < 4.78 is 6.26. The maximum Gasteiger partial charge on any atom is 0.330 e. The first-order valence-electron chi connectivity index (χ1n) is 8.34. The van der Waals surface area contributed by atoms with Crippen LogP contribution in [0.4, 0.5) is 0 Å². The summed E-state index contributed by atoms with van der Waals surface area (Å²) in [5.74, 6) is 0.330. The number of nitrogens with zero attached hydrogens (tertiary/aromatic N) is 1. The van der Waals surface area contributed by atoms with Crippen molar-refractivity contribution < 1.29 is 20.1 Å². The van der Waals surface area contributed by atoms with Gasteiger partial charge >= 0.3 is 5.69 Å². The Hall–Kier alpha value is -1.70. The molecular weight excluding hydrogens is 344 g/mol. The lowest BCUT2D eigenvalue weighted by Crippen LogP contribution is -2.43. The third-order valence-electron chi connectivity index (χ3n) is 4.98. The molecule has 0 aromatic carbocycles. The average molecular weight is 368 g/mol. The second-order valence-corrected chi connectivity index (χ2v) is 11.2. The Labute approximate surface area is 146 Å². The number of hydrogen-bond donors (Lipinski definition) is 4. The van der Waals surface area contributed by atoms with Gasteiger partial charge in [-0.15, -0.1) is 5.54 Å². The van der Waals surface area contributed by atoms with Gasteiger partial charge in [-0.05, 0) is 24.1 Å². The zero-order valence-electron chi connectivity index (χ0n) is 14.5. The minimum atomic E-state index is -2.28. The third kappa shape index (κ3) is 3.63. The Kier molecular flexibility index (Phi) is 5.71. The topological polar surface area (TPSA) is 125 Å². The van der Waals surface area contributed by atoms with E-state index >= 15 is 0 Å². The van der Waals surface area contributed by atoms with Crippen molar-refractivity contribution in [2.75, 3.05) is 0 Å². The first-order chi connectivity index (χ1) is 11.7. The number of nitrogens with one attached hydrogen (secondary N) is 1. The van der Waals surface area contributed by atoms with Gasteiger partial charge in [-0.2, -0.15) is 0 Å². The Bertz CT molecular complexity index is 782. The lowest BCUT2D eigenvalue weighted by atomic mass is 10.1. The van der Waals surface area contributed by atoms with Crippen LogP contribution in [0.25, 0.3) is 0 Å². The van der Waals surface area contributed by atoms with Gasteiger partial charge in [0.15, 0.2) is 12.3 Å². The van der Waals surface area contributed by atoms with Crippen molar-refractivity contribution in [2.24, 2.45) is 0 Å². The fraction of sp³-hybridized carbons (Fsp3) is 0.625. The number of hydrogen-bond acceptors (Lipinski definition) is 6. The van der Waals surface area contributed by atoms with Gasteiger partial charge in [-0.25, -0.2) is 4.79 Å². The molecule has 8 nitrogen and oxygen atoms in total. The van der Waals surface area contributed by atoms with E-state index in [4.69, 9.17) is 4.74 Å². The van der Waals surface area contributed by atoms with Crippen molar-refractivity contribution in [2.45, 2.75) is 63.1 Å². The zero-order chi connectivity index (χ0) is 18.8. The van der Waals surface area contributed by atoms with Crippen LogP contribution >= 0.6 is 0 Å². The van der Waals surface area contributed by atoms with Crippen molar-refractivity contribution in [3.63, 3.8) is 0 Å². The van der Waals surface area contributed by atoms with Gasteiger partial charge < -0.3 is 20.1 Å². The number of H-pyrrole nitrogens is 1. The lowest BCUT2D eigenvalue weighted by Gasteiger charge is -2.23. The molecule has 1 aromatic heterocycles. The van der Waals surface area contributed by atoms with Crippen molar-refractivity contribution in [1.29, 1.82) is 0 Å². The molecule has 25 heavy (non-hydrogen) atoms. The van der Waals surface area contributed by atoms with Crippen LogP contribution in [0.15, 0.2) is 21.9 Å². The highest BCUT2D eigenvalue weighted by Gasteiger charge is 2.54. The summed E-state index contributed by atoms with van der Waals surface area (Å²) in [5.41, 5.74) is 1.69. The van der Waals surface area contributed by atoms with Gasteiger partial charge in [0.05, 0.1) is 0 Å². The number of aromatic nitrogens is 2. The van der Waals surface area contributed by atoms with Crippen LogP contribution in [0.3, 0.4) is 0 Å². The second-order valence-electron chi connectivity index (χ2n) is 6.25.